The first-order valence-corrected chi connectivity index (χ1v) is 8.58. The molecule has 0 bridgehead atoms. The Morgan fingerprint density at radius 1 is 1.48 bits per heavy atom. The second-order valence-corrected chi connectivity index (χ2v) is 7.15. The Bertz CT molecular complexity index is 757. The number of carbonyl (C=O) groups is 1. The molecule has 2 heterocycles. The Labute approximate surface area is 139 Å². The number of benzene rings is 1. The minimum atomic E-state index is -0.731. The van der Waals surface area contributed by atoms with E-state index in [0.29, 0.717) is 18.7 Å². The van der Waals surface area contributed by atoms with Crippen molar-refractivity contribution in [2.45, 2.75) is 31.3 Å². The molecule has 1 aromatic carbocycles. The monoisotopic (exact) mass is 331 g/mol. The van der Waals surface area contributed by atoms with Gasteiger partial charge in [0.2, 0.25) is 5.91 Å². The lowest BCUT2D eigenvalue weighted by molar-refractivity contribution is -0.134. The maximum atomic E-state index is 12.5. The van der Waals surface area contributed by atoms with Gasteiger partial charge >= 0.3 is 0 Å². The van der Waals surface area contributed by atoms with Crippen molar-refractivity contribution in [1.29, 1.82) is 5.41 Å². The lowest BCUT2D eigenvalue weighted by atomic mass is 9.71. The van der Waals surface area contributed by atoms with Crippen molar-refractivity contribution in [2.75, 3.05) is 13.2 Å². The molecule has 2 atom stereocenters. The van der Waals surface area contributed by atoms with E-state index in [1.165, 1.54) is 9.60 Å². The number of carbonyl (C=O) groups excluding carboxylic acids is 1. The van der Waals surface area contributed by atoms with Crippen molar-refractivity contribution in [3.63, 3.8) is 0 Å². The number of nitrogens with zero attached hydrogens (tertiary/aromatic N) is 1. The molecule has 1 amide bonds. The van der Waals surface area contributed by atoms with Crippen LogP contribution in [0.25, 0.3) is 10.1 Å². The highest BCUT2D eigenvalue weighted by Crippen LogP contribution is 2.37. The second-order valence-electron chi connectivity index (χ2n) is 6.20. The number of hydrogen-bond acceptors (Lipinski definition) is 5. The van der Waals surface area contributed by atoms with E-state index >= 15 is 0 Å². The van der Waals surface area contributed by atoms with Gasteiger partial charge in [-0.05, 0) is 47.9 Å². The number of piperidine rings is 1. The molecule has 1 aliphatic heterocycles. The molecular weight excluding hydrogens is 310 g/mol. The summed E-state index contributed by atoms with van der Waals surface area (Å²) >= 11 is 1.68. The third kappa shape index (κ3) is 2.67. The average molecular weight is 331 g/mol. The zero-order valence-electron chi connectivity index (χ0n) is 13.1. The van der Waals surface area contributed by atoms with E-state index in [1.54, 1.807) is 11.3 Å². The molecule has 1 aliphatic rings. The highest BCUT2D eigenvalue weighted by Gasteiger charge is 2.45. The molecular formula is C17H21N3O2S. The fourth-order valence-electron chi connectivity index (χ4n) is 3.21. The Balaban J connectivity index is 1.95. The van der Waals surface area contributed by atoms with Gasteiger partial charge in [-0.2, -0.15) is 0 Å². The van der Waals surface area contributed by atoms with Gasteiger partial charge < -0.3 is 21.1 Å². The quantitative estimate of drug-likeness (QED) is 0.801. The number of hydrogen-bond donors (Lipinski definition) is 3. The zero-order chi connectivity index (χ0) is 16.6. The van der Waals surface area contributed by atoms with Gasteiger partial charge in [-0.3, -0.25) is 4.79 Å². The number of likely N-dealkylation sites (tertiary alicyclic amines) is 1. The number of nitrogens with one attached hydrogen (secondary N) is 1. The third-order valence-electron chi connectivity index (χ3n) is 4.70. The van der Waals surface area contributed by atoms with E-state index in [2.05, 4.69) is 12.1 Å². The van der Waals surface area contributed by atoms with Crippen LogP contribution in [-0.2, 0) is 10.2 Å². The summed E-state index contributed by atoms with van der Waals surface area (Å²) in [5.74, 6) is -0.0603. The highest BCUT2D eigenvalue weighted by atomic mass is 32.1. The smallest absolute Gasteiger partial charge is 0.225 e. The van der Waals surface area contributed by atoms with E-state index < -0.39 is 11.6 Å². The number of fused-ring (bicyclic) bond motifs is 1. The van der Waals surface area contributed by atoms with Crippen LogP contribution in [0, 0.1) is 5.41 Å². The van der Waals surface area contributed by atoms with Crippen molar-refractivity contribution in [2.24, 2.45) is 5.73 Å². The van der Waals surface area contributed by atoms with Crippen molar-refractivity contribution < 1.29 is 9.90 Å². The van der Waals surface area contributed by atoms with E-state index in [1.807, 2.05) is 24.4 Å². The second kappa shape index (κ2) is 6.03. The van der Waals surface area contributed by atoms with E-state index in [4.69, 9.17) is 16.2 Å². The van der Waals surface area contributed by atoms with Crippen LogP contribution >= 0.6 is 11.3 Å². The normalized spacial score (nSPS) is 25.3. The predicted molar refractivity (Wildman–Crippen MR) is 92.9 cm³/mol. The van der Waals surface area contributed by atoms with Gasteiger partial charge in [0.05, 0.1) is 5.71 Å². The molecule has 1 fully saturated rings. The first-order valence-electron chi connectivity index (χ1n) is 7.70. The maximum absolute atomic E-state index is 12.5. The fraction of sp³-hybridized carbons (Fsp3) is 0.412. The molecule has 5 nitrogen and oxygen atoms in total. The zero-order valence-corrected chi connectivity index (χ0v) is 13.9. The summed E-state index contributed by atoms with van der Waals surface area (Å²) in [6, 6.07) is 8.15. The SMILES string of the molecule is C[C@@]1(c2ccc3sccc3c2)CC(=O)N(CCCO)C(N)C1=N. The summed E-state index contributed by atoms with van der Waals surface area (Å²) in [7, 11) is 0. The standard InChI is InChI=1S/C17H21N3O2S/c1-17(12-3-4-13-11(9-12)5-8-23-13)10-14(22)20(6-2-7-21)16(19)15(17)18/h3-5,8-9,16,18,21H,2,6-7,10,19H2,1H3/t16?,17-/m0/s1. The Hall–Kier alpha value is -1.76. The van der Waals surface area contributed by atoms with Crippen LogP contribution in [-0.4, -0.2) is 40.9 Å². The molecule has 0 aliphatic carbocycles. The fourth-order valence-corrected chi connectivity index (χ4v) is 3.98. The molecule has 6 heteroatoms. The van der Waals surface area contributed by atoms with Crippen LogP contribution in [0.3, 0.4) is 0 Å². The highest BCUT2D eigenvalue weighted by molar-refractivity contribution is 7.17. The summed E-state index contributed by atoms with van der Waals surface area (Å²) in [6.07, 6.45) is -0.0174. The first-order chi connectivity index (χ1) is 11.0. The van der Waals surface area contributed by atoms with Crippen molar-refractivity contribution >= 4 is 33.0 Å². The number of rotatable bonds is 4. The van der Waals surface area contributed by atoms with Crippen LogP contribution in [0.5, 0.6) is 0 Å². The molecule has 2 aromatic rings. The summed E-state index contributed by atoms with van der Waals surface area (Å²) in [4.78, 5) is 14.0. The largest absolute Gasteiger partial charge is 0.396 e. The third-order valence-corrected chi connectivity index (χ3v) is 5.60. The molecule has 122 valence electrons. The van der Waals surface area contributed by atoms with Crippen LogP contribution < -0.4 is 5.73 Å². The lowest BCUT2D eigenvalue weighted by Crippen LogP contribution is -2.62. The minimum Gasteiger partial charge on any atom is -0.396 e. The number of amides is 1. The predicted octanol–water partition coefficient (Wildman–Crippen LogP) is 2.08. The van der Waals surface area contributed by atoms with Gasteiger partial charge in [0.1, 0.15) is 6.17 Å². The molecule has 1 unspecified atom stereocenters. The van der Waals surface area contributed by atoms with E-state index in [9.17, 15) is 4.79 Å². The van der Waals surface area contributed by atoms with Crippen LogP contribution in [0.1, 0.15) is 25.3 Å². The van der Waals surface area contributed by atoms with Gasteiger partial charge in [-0.1, -0.05) is 6.07 Å². The summed E-state index contributed by atoms with van der Waals surface area (Å²) in [5, 5.41) is 20.7. The first kappa shape index (κ1) is 16.1. The molecule has 3 rings (SSSR count). The molecule has 1 aromatic heterocycles. The maximum Gasteiger partial charge on any atom is 0.225 e. The van der Waals surface area contributed by atoms with E-state index in [0.717, 1.165) is 10.9 Å². The molecule has 23 heavy (non-hydrogen) atoms. The molecule has 0 spiro atoms. The lowest BCUT2D eigenvalue weighted by Gasteiger charge is -2.44. The minimum absolute atomic E-state index is 0.00985. The summed E-state index contributed by atoms with van der Waals surface area (Å²) in [6.45, 7) is 2.32. The number of aliphatic hydroxyl groups excluding tert-OH is 1. The number of thiophene rings is 1. The van der Waals surface area contributed by atoms with Crippen LogP contribution in [0.2, 0.25) is 0 Å². The van der Waals surface area contributed by atoms with Gasteiger partial charge in [0.15, 0.2) is 0 Å². The molecule has 0 saturated carbocycles. The molecule has 4 N–H and O–H groups in total. The topological polar surface area (TPSA) is 90.4 Å². The Kier molecular flexibility index (Phi) is 4.23. The van der Waals surface area contributed by atoms with Gasteiger partial charge in [0, 0.05) is 29.7 Å². The number of aliphatic hydroxyl groups is 1. The Morgan fingerprint density at radius 3 is 3.00 bits per heavy atom. The molecule has 1 saturated heterocycles. The summed E-state index contributed by atoms with van der Waals surface area (Å²) < 4.78 is 1.19. The van der Waals surface area contributed by atoms with E-state index in [-0.39, 0.29) is 18.9 Å². The van der Waals surface area contributed by atoms with Crippen molar-refractivity contribution in [1.82, 2.24) is 4.90 Å². The van der Waals surface area contributed by atoms with Crippen LogP contribution in [0.15, 0.2) is 29.6 Å². The van der Waals surface area contributed by atoms with Crippen molar-refractivity contribution in [3.8, 4) is 0 Å². The summed E-state index contributed by atoms with van der Waals surface area (Å²) in [5.41, 5.74) is 6.79. The van der Waals surface area contributed by atoms with Gasteiger partial charge in [-0.15, -0.1) is 11.3 Å². The Morgan fingerprint density at radius 2 is 2.26 bits per heavy atom. The number of nitrogens with two attached hydrogens (primary N) is 1. The van der Waals surface area contributed by atoms with Gasteiger partial charge in [0.25, 0.3) is 0 Å². The van der Waals surface area contributed by atoms with Crippen molar-refractivity contribution in [3.05, 3.63) is 35.2 Å². The van der Waals surface area contributed by atoms with Gasteiger partial charge in [-0.25, -0.2) is 0 Å². The van der Waals surface area contributed by atoms with Crippen LogP contribution in [0.4, 0.5) is 0 Å². The average Bonchev–Trinajstić information content (AvgIpc) is 3.00. The molecule has 0 radical (unpaired) electrons.